The number of carbonyl (C=O) groups is 1. The van der Waals surface area contributed by atoms with E-state index < -0.39 is 0 Å². The molecule has 0 aromatic rings. The van der Waals surface area contributed by atoms with E-state index in [0.29, 0.717) is 16.2 Å². The molecule has 1 nitrogen and oxygen atoms in total. The standard InChI is InChI=1S/C9H20.C5H12.CH2O/c1-8(2,3)7-9(4,5)6;1-5(2,3)4;1-2/h7H2,1-6H3;1-4H3;1H2. The van der Waals surface area contributed by atoms with Crippen LogP contribution in [0.5, 0.6) is 0 Å². The predicted octanol–water partition coefficient (Wildman–Crippen LogP) is 5.34. The molecule has 0 radical (unpaired) electrons. The first-order valence-electron chi connectivity index (χ1n) is 6.00. The molecule has 0 unspecified atom stereocenters. The van der Waals surface area contributed by atoms with Gasteiger partial charge in [-0.25, -0.2) is 0 Å². The Bertz CT molecular complexity index is 132. The number of hydrogen-bond acceptors (Lipinski definition) is 1. The third-order valence-corrected chi connectivity index (χ3v) is 1.06. The average Bonchev–Trinajstić information content (AvgIpc) is 1.78. The number of hydrogen-bond donors (Lipinski definition) is 0. The predicted molar refractivity (Wildman–Crippen MR) is 75.8 cm³/mol. The fourth-order valence-electron chi connectivity index (χ4n) is 1.59. The molecule has 0 aliphatic heterocycles. The van der Waals surface area contributed by atoms with Crippen molar-refractivity contribution in [2.45, 2.75) is 75.7 Å². The maximum absolute atomic E-state index is 8.00. The average molecular weight is 230 g/mol. The van der Waals surface area contributed by atoms with Crippen molar-refractivity contribution in [2.75, 3.05) is 0 Å². The maximum atomic E-state index is 8.00. The van der Waals surface area contributed by atoms with Crippen LogP contribution in [0.15, 0.2) is 0 Å². The molecule has 0 saturated heterocycles. The highest BCUT2D eigenvalue weighted by Crippen LogP contribution is 2.31. The van der Waals surface area contributed by atoms with Crippen LogP contribution in [0.3, 0.4) is 0 Å². The van der Waals surface area contributed by atoms with Crippen molar-refractivity contribution in [1.29, 1.82) is 0 Å². The second-order valence-corrected chi connectivity index (χ2v) is 8.30. The van der Waals surface area contributed by atoms with Crippen LogP contribution in [-0.4, -0.2) is 6.79 Å². The van der Waals surface area contributed by atoms with Gasteiger partial charge in [-0.3, -0.25) is 0 Å². The zero-order chi connectivity index (χ0) is 14.2. The molecule has 0 bridgehead atoms. The molecule has 0 rings (SSSR count). The van der Waals surface area contributed by atoms with Crippen molar-refractivity contribution < 1.29 is 4.79 Å². The van der Waals surface area contributed by atoms with Crippen molar-refractivity contribution in [2.24, 2.45) is 16.2 Å². The van der Waals surface area contributed by atoms with Crippen molar-refractivity contribution in [3.05, 3.63) is 0 Å². The van der Waals surface area contributed by atoms with E-state index in [9.17, 15) is 0 Å². The molecule has 0 aliphatic rings. The Morgan fingerprint density at radius 1 is 0.625 bits per heavy atom. The monoisotopic (exact) mass is 230 g/mol. The van der Waals surface area contributed by atoms with Crippen molar-refractivity contribution in [3.8, 4) is 0 Å². The normalized spacial score (nSPS) is 11.9. The van der Waals surface area contributed by atoms with E-state index in [1.165, 1.54) is 6.42 Å². The van der Waals surface area contributed by atoms with E-state index in [-0.39, 0.29) is 0 Å². The summed E-state index contributed by atoms with van der Waals surface area (Å²) in [6, 6.07) is 0. The highest BCUT2D eigenvalue weighted by molar-refractivity contribution is 5.10. The minimum absolute atomic E-state index is 0.484. The lowest BCUT2D eigenvalue weighted by Crippen LogP contribution is -2.16. The molecule has 0 N–H and O–H groups in total. The molecule has 0 aromatic heterocycles. The number of rotatable bonds is 0. The zero-order valence-electron chi connectivity index (χ0n) is 13.3. The van der Waals surface area contributed by atoms with Crippen molar-refractivity contribution in [3.63, 3.8) is 0 Å². The first kappa shape index (κ1) is 21.0. The van der Waals surface area contributed by atoms with E-state index in [1.54, 1.807) is 0 Å². The van der Waals surface area contributed by atoms with Gasteiger partial charge >= 0.3 is 0 Å². The molecule has 0 atom stereocenters. The Morgan fingerprint density at radius 3 is 0.750 bits per heavy atom. The Balaban J connectivity index is -0.000000205. The van der Waals surface area contributed by atoms with Crippen LogP contribution in [0, 0.1) is 16.2 Å². The fraction of sp³-hybridized carbons (Fsp3) is 0.933. The molecule has 100 valence electrons. The topological polar surface area (TPSA) is 17.1 Å². The van der Waals surface area contributed by atoms with Crippen LogP contribution in [0.1, 0.15) is 75.7 Å². The van der Waals surface area contributed by atoms with Gasteiger partial charge in [0.15, 0.2) is 0 Å². The van der Waals surface area contributed by atoms with Crippen molar-refractivity contribution in [1.82, 2.24) is 0 Å². The minimum Gasteiger partial charge on any atom is -0.307 e. The lowest BCUT2D eigenvalue weighted by atomic mass is 9.78. The Kier molecular flexibility index (Phi) is 10.3. The maximum Gasteiger partial charge on any atom is 0.106 e. The van der Waals surface area contributed by atoms with Gasteiger partial charge in [-0.1, -0.05) is 69.2 Å². The van der Waals surface area contributed by atoms with Gasteiger partial charge in [0.05, 0.1) is 0 Å². The summed E-state index contributed by atoms with van der Waals surface area (Å²) in [6.07, 6.45) is 1.29. The molecule has 0 heterocycles. The second-order valence-electron chi connectivity index (χ2n) is 8.30. The van der Waals surface area contributed by atoms with E-state index in [0.717, 1.165) is 0 Å². The van der Waals surface area contributed by atoms with E-state index in [1.807, 2.05) is 6.79 Å². The van der Waals surface area contributed by atoms with Gasteiger partial charge in [-0.2, -0.15) is 0 Å². The smallest absolute Gasteiger partial charge is 0.106 e. The van der Waals surface area contributed by atoms with Gasteiger partial charge in [0.25, 0.3) is 0 Å². The van der Waals surface area contributed by atoms with Crippen LogP contribution in [-0.2, 0) is 4.79 Å². The van der Waals surface area contributed by atoms with Crippen LogP contribution < -0.4 is 0 Å². The summed E-state index contributed by atoms with van der Waals surface area (Å²) >= 11 is 0. The summed E-state index contributed by atoms with van der Waals surface area (Å²) in [4.78, 5) is 8.00. The zero-order valence-corrected chi connectivity index (χ0v) is 13.3. The summed E-state index contributed by atoms with van der Waals surface area (Å²) < 4.78 is 0. The highest BCUT2D eigenvalue weighted by Gasteiger charge is 2.20. The van der Waals surface area contributed by atoms with Gasteiger partial charge in [0.2, 0.25) is 0 Å². The van der Waals surface area contributed by atoms with Gasteiger partial charge in [0.1, 0.15) is 6.79 Å². The van der Waals surface area contributed by atoms with Gasteiger partial charge in [-0.05, 0) is 22.7 Å². The third-order valence-electron chi connectivity index (χ3n) is 1.06. The van der Waals surface area contributed by atoms with E-state index >= 15 is 0 Å². The summed E-state index contributed by atoms with van der Waals surface area (Å²) in [6.45, 7) is 24.5. The third kappa shape index (κ3) is 68.3. The fourth-order valence-corrected chi connectivity index (χ4v) is 1.59. The first-order chi connectivity index (χ1) is 6.71. The SMILES string of the molecule is C=O.CC(C)(C)C.CC(C)(C)CC(C)(C)C. The van der Waals surface area contributed by atoms with Crippen LogP contribution in [0.2, 0.25) is 0 Å². The Morgan fingerprint density at radius 2 is 0.750 bits per heavy atom. The van der Waals surface area contributed by atoms with E-state index in [4.69, 9.17) is 4.79 Å². The molecule has 0 aliphatic carbocycles. The lowest BCUT2D eigenvalue weighted by Gasteiger charge is -2.28. The van der Waals surface area contributed by atoms with Crippen LogP contribution >= 0.6 is 0 Å². The van der Waals surface area contributed by atoms with Gasteiger partial charge < -0.3 is 4.79 Å². The molecule has 16 heavy (non-hydrogen) atoms. The lowest BCUT2D eigenvalue weighted by molar-refractivity contribution is -0.0979. The molecule has 0 saturated carbocycles. The second kappa shape index (κ2) is 7.86. The van der Waals surface area contributed by atoms with Gasteiger partial charge in [0, 0.05) is 0 Å². The quantitative estimate of drug-likeness (QED) is 0.549. The summed E-state index contributed by atoms with van der Waals surface area (Å²) in [5.41, 5.74) is 1.47. The van der Waals surface area contributed by atoms with Crippen LogP contribution in [0.4, 0.5) is 0 Å². The molecular weight excluding hydrogens is 196 g/mol. The Hall–Kier alpha value is -0.330. The minimum atomic E-state index is 0.484. The van der Waals surface area contributed by atoms with Crippen LogP contribution in [0.25, 0.3) is 0 Å². The van der Waals surface area contributed by atoms with Crippen molar-refractivity contribution >= 4 is 6.79 Å². The first-order valence-corrected chi connectivity index (χ1v) is 6.00. The largest absolute Gasteiger partial charge is 0.307 e. The summed E-state index contributed by atoms with van der Waals surface area (Å²) in [7, 11) is 0. The van der Waals surface area contributed by atoms with E-state index in [2.05, 4.69) is 69.2 Å². The molecule has 0 fully saturated rings. The molecule has 0 aromatic carbocycles. The summed E-state index contributed by atoms with van der Waals surface area (Å²) in [5.74, 6) is 0. The molecule has 0 spiro atoms. The number of carbonyl (C=O) groups excluding carboxylic acids is 1. The molecular formula is C15H34O. The van der Waals surface area contributed by atoms with Gasteiger partial charge in [-0.15, -0.1) is 0 Å². The highest BCUT2D eigenvalue weighted by atomic mass is 16.1. The Labute approximate surface area is 104 Å². The summed E-state index contributed by atoms with van der Waals surface area (Å²) in [5, 5.41) is 0. The molecule has 0 amide bonds. The molecule has 1 heteroatoms.